The number of rotatable bonds is 3. The highest BCUT2D eigenvalue weighted by molar-refractivity contribution is 7.17. The Balaban J connectivity index is 1.83. The van der Waals surface area contributed by atoms with E-state index in [1.54, 1.807) is 13.0 Å². The summed E-state index contributed by atoms with van der Waals surface area (Å²) in [6.45, 7) is 3.01. The Morgan fingerprint density at radius 1 is 1.16 bits per heavy atom. The Hall–Kier alpha value is -3.72. The van der Waals surface area contributed by atoms with Crippen LogP contribution in [0.4, 0.5) is 13.9 Å². The molecule has 3 heterocycles. The van der Waals surface area contributed by atoms with Crippen molar-refractivity contribution in [3.8, 4) is 0 Å². The Bertz CT molecular complexity index is 1510. The van der Waals surface area contributed by atoms with Gasteiger partial charge in [-0.25, -0.2) is 13.8 Å². The molecule has 2 aromatic carbocycles. The Morgan fingerprint density at radius 3 is 2.59 bits per heavy atom. The first-order valence-electron chi connectivity index (χ1n) is 9.60. The summed E-state index contributed by atoms with van der Waals surface area (Å²) in [5, 5.41) is 0.0754. The van der Waals surface area contributed by atoms with E-state index in [1.165, 1.54) is 31.2 Å². The van der Waals surface area contributed by atoms with Gasteiger partial charge in [0.05, 0.1) is 21.5 Å². The van der Waals surface area contributed by atoms with Gasteiger partial charge in [-0.1, -0.05) is 29.5 Å². The number of hydrogen-bond donors (Lipinski definition) is 0. The summed E-state index contributed by atoms with van der Waals surface area (Å²) in [5.74, 6) is -2.47. The van der Waals surface area contributed by atoms with E-state index in [9.17, 15) is 23.2 Å². The minimum absolute atomic E-state index is 0.0392. The van der Waals surface area contributed by atoms with Gasteiger partial charge < -0.3 is 4.42 Å². The van der Waals surface area contributed by atoms with Gasteiger partial charge in [-0.05, 0) is 31.2 Å². The number of Topliss-reactive ketones (excluding diaryl/α,β-unsaturated/α-hetero) is 1. The van der Waals surface area contributed by atoms with Crippen LogP contribution in [0.2, 0.25) is 0 Å². The third kappa shape index (κ3) is 2.89. The highest BCUT2D eigenvalue weighted by atomic mass is 32.1. The van der Waals surface area contributed by atoms with Crippen LogP contribution >= 0.6 is 11.3 Å². The molecule has 1 aliphatic rings. The quantitative estimate of drug-likeness (QED) is 0.418. The molecule has 0 fully saturated rings. The molecule has 1 atom stereocenters. The molecule has 1 amide bonds. The SMILES string of the molecule is CC(=O)c1sc(N2C(=O)c3oc4ccc(F)cc4c(=O)c3C2c2ccccc2F)nc1C. The number of carbonyl (C=O) groups excluding carboxylic acids is 2. The zero-order valence-corrected chi connectivity index (χ0v) is 17.6. The lowest BCUT2D eigenvalue weighted by Crippen LogP contribution is -2.30. The minimum atomic E-state index is -1.19. The van der Waals surface area contributed by atoms with Crippen molar-refractivity contribution in [2.24, 2.45) is 0 Å². The second kappa shape index (κ2) is 7.16. The predicted octanol–water partition coefficient (Wildman–Crippen LogP) is 4.79. The van der Waals surface area contributed by atoms with E-state index in [0.29, 0.717) is 10.6 Å². The van der Waals surface area contributed by atoms with Crippen molar-refractivity contribution in [2.45, 2.75) is 19.9 Å². The number of halogens is 2. The number of thiazole rings is 1. The number of carbonyl (C=O) groups is 2. The van der Waals surface area contributed by atoms with Gasteiger partial charge in [-0.2, -0.15) is 0 Å². The second-order valence-corrected chi connectivity index (χ2v) is 8.36. The first-order chi connectivity index (χ1) is 15.3. The third-order valence-electron chi connectivity index (χ3n) is 5.34. The van der Waals surface area contributed by atoms with Gasteiger partial charge in [0.15, 0.2) is 16.3 Å². The number of aromatic nitrogens is 1. The highest BCUT2D eigenvalue weighted by Gasteiger charge is 2.46. The van der Waals surface area contributed by atoms with Crippen LogP contribution in [-0.2, 0) is 0 Å². The number of aryl methyl sites for hydroxylation is 1. The smallest absolute Gasteiger partial charge is 0.297 e. The molecular weight excluding hydrogens is 438 g/mol. The van der Waals surface area contributed by atoms with Gasteiger partial charge in [0, 0.05) is 12.5 Å². The van der Waals surface area contributed by atoms with Gasteiger partial charge in [-0.15, -0.1) is 0 Å². The van der Waals surface area contributed by atoms with Crippen molar-refractivity contribution >= 4 is 39.1 Å². The fourth-order valence-corrected chi connectivity index (χ4v) is 4.93. The van der Waals surface area contributed by atoms with E-state index in [1.807, 2.05) is 0 Å². The van der Waals surface area contributed by atoms with E-state index in [0.717, 1.165) is 28.4 Å². The van der Waals surface area contributed by atoms with Crippen LogP contribution < -0.4 is 10.3 Å². The minimum Gasteiger partial charge on any atom is -0.450 e. The van der Waals surface area contributed by atoms with E-state index >= 15 is 0 Å². The number of ketones is 1. The van der Waals surface area contributed by atoms with Crippen LogP contribution in [-0.4, -0.2) is 16.7 Å². The lowest BCUT2D eigenvalue weighted by atomic mass is 9.98. The van der Waals surface area contributed by atoms with E-state index in [-0.39, 0.29) is 38.8 Å². The molecule has 0 aliphatic carbocycles. The van der Waals surface area contributed by atoms with Crippen LogP contribution in [0.25, 0.3) is 11.0 Å². The second-order valence-electron chi connectivity index (χ2n) is 7.38. The summed E-state index contributed by atoms with van der Waals surface area (Å²) in [7, 11) is 0. The molecule has 5 rings (SSSR count). The maximum absolute atomic E-state index is 14.9. The molecule has 0 saturated carbocycles. The largest absolute Gasteiger partial charge is 0.450 e. The maximum Gasteiger partial charge on any atom is 0.297 e. The molecule has 4 aromatic rings. The zero-order valence-electron chi connectivity index (χ0n) is 16.8. The Kier molecular flexibility index (Phi) is 4.52. The van der Waals surface area contributed by atoms with Crippen molar-refractivity contribution in [2.75, 3.05) is 4.90 Å². The van der Waals surface area contributed by atoms with Crippen molar-refractivity contribution in [1.82, 2.24) is 4.98 Å². The molecular formula is C23H14F2N2O4S. The summed E-state index contributed by atoms with van der Waals surface area (Å²) >= 11 is 0.974. The molecule has 1 aliphatic heterocycles. The fourth-order valence-electron chi connectivity index (χ4n) is 3.95. The summed E-state index contributed by atoms with van der Waals surface area (Å²) in [6, 6.07) is 7.95. The molecule has 0 saturated heterocycles. The number of amides is 1. The normalized spacial score (nSPS) is 15.4. The van der Waals surface area contributed by atoms with Crippen LogP contribution in [0, 0.1) is 18.6 Å². The number of nitrogens with zero attached hydrogens (tertiary/aromatic N) is 2. The first kappa shape index (κ1) is 20.2. The van der Waals surface area contributed by atoms with Crippen LogP contribution in [0.5, 0.6) is 0 Å². The molecule has 1 unspecified atom stereocenters. The standard InChI is InChI=1S/C23H14F2N2O4S/c1-10-21(11(2)28)32-23(26-10)27-18(13-5-3-4-6-15(13)25)17-19(29)14-9-12(24)7-8-16(14)31-20(17)22(27)30/h3-9,18H,1-2H3. The molecule has 0 bridgehead atoms. The van der Waals surface area contributed by atoms with Crippen molar-refractivity contribution in [3.63, 3.8) is 0 Å². The van der Waals surface area contributed by atoms with E-state index < -0.39 is 29.0 Å². The Morgan fingerprint density at radius 2 is 1.91 bits per heavy atom. The van der Waals surface area contributed by atoms with Crippen LogP contribution in [0.15, 0.2) is 51.7 Å². The lowest BCUT2D eigenvalue weighted by molar-refractivity contribution is 0.0969. The average Bonchev–Trinajstić information content (AvgIpc) is 3.27. The molecule has 9 heteroatoms. The summed E-state index contributed by atoms with van der Waals surface area (Å²) in [4.78, 5) is 44.6. The average molecular weight is 452 g/mol. The van der Waals surface area contributed by atoms with Crippen molar-refractivity contribution in [1.29, 1.82) is 0 Å². The van der Waals surface area contributed by atoms with Crippen LogP contribution in [0.3, 0.4) is 0 Å². The molecule has 6 nitrogen and oxygen atoms in total. The van der Waals surface area contributed by atoms with Gasteiger partial charge in [0.25, 0.3) is 5.91 Å². The van der Waals surface area contributed by atoms with Gasteiger partial charge in [0.1, 0.15) is 23.3 Å². The monoisotopic (exact) mass is 452 g/mol. The molecule has 160 valence electrons. The summed E-state index contributed by atoms with van der Waals surface area (Å²) in [6.07, 6.45) is 0. The molecule has 0 radical (unpaired) electrons. The van der Waals surface area contributed by atoms with E-state index in [4.69, 9.17) is 4.42 Å². The topological polar surface area (TPSA) is 80.5 Å². The lowest BCUT2D eigenvalue weighted by Gasteiger charge is -2.22. The first-order valence-corrected chi connectivity index (χ1v) is 10.4. The highest BCUT2D eigenvalue weighted by Crippen LogP contribution is 2.43. The van der Waals surface area contributed by atoms with Crippen molar-refractivity contribution in [3.05, 3.63) is 91.8 Å². The van der Waals surface area contributed by atoms with Crippen molar-refractivity contribution < 1.29 is 22.8 Å². The number of hydrogen-bond acceptors (Lipinski definition) is 6. The fraction of sp³-hybridized carbons (Fsp3) is 0.130. The van der Waals surface area contributed by atoms with Crippen LogP contribution in [0.1, 0.15) is 50.0 Å². The summed E-state index contributed by atoms with van der Waals surface area (Å²) in [5.41, 5.74) is -0.224. The molecule has 2 aromatic heterocycles. The molecule has 32 heavy (non-hydrogen) atoms. The summed E-state index contributed by atoms with van der Waals surface area (Å²) < 4.78 is 34.4. The number of benzene rings is 2. The maximum atomic E-state index is 14.9. The van der Waals surface area contributed by atoms with Gasteiger partial charge in [0.2, 0.25) is 5.76 Å². The Labute approximate surface area is 183 Å². The molecule has 0 N–H and O–H groups in total. The zero-order chi connectivity index (χ0) is 22.7. The predicted molar refractivity (Wildman–Crippen MR) is 114 cm³/mol. The number of anilines is 1. The third-order valence-corrected chi connectivity index (χ3v) is 6.60. The number of fused-ring (bicyclic) bond motifs is 2. The molecule has 0 spiro atoms. The van der Waals surface area contributed by atoms with Gasteiger partial charge in [-0.3, -0.25) is 19.3 Å². The van der Waals surface area contributed by atoms with Gasteiger partial charge >= 0.3 is 0 Å². The van der Waals surface area contributed by atoms with E-state index in [2.05, 4.69) is 4.98 Å².